The van der Waals surface area contributed by atoms with Crippen molar-refractivity contribution < 1.29 is 14.3 Å². The van der Waals surface area contributed by atoms with Gasteiger partial charge in [-0.05, 0) is 63.5 Å². The lowest BCUT2D eigenvalue weighted by Crippen LogP contribution is -2.04. The quantitative estimate of drug-likeness (QED) is 0.234. The molecule has 0 spiro atoms. The number of benzene rings is 3. The van der Waals surface area contributed by atoms with Crippen molar-refractivity contribution in [2.45, 2.75) is 0 Å². The van der Waals surface area contributed by atoms with Gasteiger partial charge >= 0.3 is 5.97 Å². The van der Waals surface area contributed by atoms with Crippen LogP contribution >= 0.6 is 31.9 Å². The molecule has 0 unspecified atom stereocenters. The first-order valence-electron chi connectivity index (χ1n) is 8.15. The lowest BCUT2D eigenvalue weighted by atomic mass is 10.1. The molecule has 3 rings (SSSR count). The summed E-state index contributed by atoms with van der Waals surface area (Å²) >= 11 is 6.88. The molecule has 0 saturated carbocycles. The molecule has 0 bridgehead atoms. The number of hydrogen-bond donors (Lipinski definition) is 0. The van der Waals surface area contributed by atoms with E-state index in [2.05, 4.69) is 31.9 Å². The summed E-state index contributed by atoms with van der Waals surface area (Å²) in [6.45, 7) is 0. The first kappa shape index (κ1) is 19.4. The molecule has 0 aromatic heterocycles. The molecule has 0 amide bonds. The fraction of sp³-hybridized carbons (Fsp3) is 0.0455. The Labute approximate surface area is 174 Å². The van der Waals surface area contributed by atoms with Crippen molar-refractivity contribution in [1.82, 2.24) is 0 Å². The number of ether oxygens (including phenoxy) is 2. The lowest BCUT2D eigenvalue weighted by molar-refractivity contribution is -0.128. The number of rotatable bonds is 5. The van der Waals surface area contributed by atoms with Crippen LogP contribution in [0.4, 0.5) is 0 Å². The summed E-state index contributed by atoms with van der Waals surface area (Å²) in [6, 6.07) is 21.2. The van der Waals surface area contributed by atoms with Crippen LogP contribution in [-0.4, -0.2) is 13.1 Å². The molecule has 3 nitrogen and oxygen atoms in total. The third-order valence-corrected chi connectivity index (χ3v) is 4.95. The van der Waals surface area contributed by atoms with Crippen LogP contribution in [0.3, 0.4) is 0 Å². The third kappa shape index (κ3) is 5.08. The number of esters is 1. The van der Waals surface area contributed by atoms with Crippen molar-refractivity contribution in [3.8, 4) is 22.6 Å². The second-order valence-electron chi connectivity index (χ2n) is 5.65. The molecule has 0 aliphatic heterocycles. The Kier molecular flexibility index (Phi) is 6.48. The molecule has 27 heavy (non-hydrogen) atoms. The number of hydrogen-bond acceptors (Lipinski definition) is 3. The maximum Gasteiger partial charge on any atom is 0.336 e. The molecular weight excluding hydrogens is 472 g/mol. The number of methoxy groups -OCH3 is 1. The van der Waals surface area contributed by atoms with Crippen molar-refractivity contribution >= 4 is 43.9 Å². The van der Waals surface area contributed by atoms with Crippen molar-refractivity contribution in [3.63, 3.8) is 0 Å². The summed E-state index contributed by atoms with van der Waals surface area (Å²) < 4.78 is 12.3. The summed E-state index contributed by atoms with van der Waals surface area (Å²) in [7, 11) is 1.59. The minimum absolute atomic E-state index is 0.463. The number of carbonyl (C=O) groups is 1. The van der Waals surface area contributed by atoms with Gasteiger partial charge in [0.05, 0.1) is 11.6 Å². The molecule has 136 valence electrons. The van der Waals surface area contributed by atoms with Gasteiger partial charge in [0.25, 0.3) is 0 Å². The maximum absolute atomic E-state index is 12.2. The molecule has 5 heteroatoms. The zero-order valence-electron chi connectivity index (χ0n) is 14.5. The predicted octanol–water partition coefficient (Wildman–Crippen LogP) is 6.51. The highest BCUT2D eigenvalue weighted by atomic mass is 79.9. The van der Waals surface area contributed by atoms with Crippen LogP contribution < -0.4 is 9.47 Å². The molecule has 0 atom stereocenters. The summed E-state index contributed by atoms with van der Waals surface area (Å²) in [5.41, 5.74) is 2.91. The molecule has 0 saturated heterocycles. The van der Waals surface area contributed by atoms with E-state index in [0.717, 1.165) is 21.2 Å². The average molecular weight is 488 g/mol. The highest BCUT2D eigenvalue weighted by Crippen LogP contribution is 2.31. The molecular formula is C22H16Br2O3. The van der Waals surface area contributed by atoms with Crippen molar-refractivity contribution in [1.29, 1.82) is 0 Å². The molecule has 0 N–H and O–H groups in total. The second-order valence-corrected chi connectivity index (χ2v) is 7.42. The van der Waals surface area contributed by atoms with Gasteiger partial charge in [0.15, 0.2) is 0 Å². The standard InChI is InChI=1S/C22H16Br2O3/c1-26-20-11-9-18(23)13-17(20)8-12-22(25)27-21-10-7-16(14-19(21)24)15-5-3-2-4-6-15/h2-14H,1H3/b12-8+. The van der Waals surface area contributed by atoms with Crippen LogP contribution in [0.5, 0.6) is 11.5 Å². The predicted molar refractivity (Wildman–Crippen MR) is 115 cm³/mol. The monoisotopic (exact) mass is 486 g/mol. The minimum atomic E-state index is -0.467. The molecule has 0 aliphatic rings. The largest absolute Gasteiger partial charge is 0.496 e. The summed E-state index contributed by atoms with van der Waals surface area (Å²) in [5.74, 6) is 0.673. The molecule has 0 aliphatic carbocycles. The fourth-order valence-corrected chi connectivity index (χ4v) is 3.37. The Morgan fingerprint density at radius 2 is 1.63 bits per heavy atom. The van der Waals surface area contributed by atoms with E-state index in [1.807, 2.05) is 60.7 Å². The van der Waals surface area contributed by atoms with E-state index >= 15 is 0 Å². The number of halogens is 2. The maximum atomic E-state index is 12.2. The molecule has 0 heterocycles. The Bertz CT molecular complexity index is 982. The van der Waals surface area contributed by atoms with Crippen molar-refractivity contribution in [2.75, 3.05) is 7.11 Å². The van der Waals surface area contributed by atoms with Gasteiger partial charge in [0, 0.05) is 16.1 Å². The molecule has 3 aromatic carbocycles. The summed E-state index contributed by atoms with van der Waals surface area (Å²) in [5, 5.41) is 0. The van der Waals surface area contributed by atoms with E-state index in [1.54, 1.807) is 19.3 Å². The highest BCUT2D eigenvalue weighted by Gasteiger charge is 2.08. The normalized spacial score (nSPS) is 10.8. The van der Waals surface area contributed by atoms with Gasteiger partial charge < -0.3 is 9.47 Å². The van der Waals surface area contributed by atoms with Crippen LogP contribution in [0.2, 0.25) is 0 Å². The third-order valence-electron chi connectivity index (χ3n) is 3.84. The van der Waals surface area contributed by atoms with Gasteiger partial charge in [0.2, 0.25) is 0 Å². The van der Waals surface area contributed by atoms with E-state index < -0.39 is 5.97 Å². The summed E-state index contributed by atoms with van der Waals surface area (Å²) in [4.78, 5) is 12.2. The van der Waals surface area contributed by atoms with Gasteiger partial charge in [-0.25, -0.2) is 4.79 Å². The molecule has 0 radical (unpaired) electrons. The van der Waals surface area contributed by atoms with Gasteiger partial charge in [-0.1, -0.05) is 52.3 Å². The van der Waals surface area contributed by atoms with Crippen LogP contribution in [0, 0.1) is 0 Å². The van der Waals surface area contributed by atoms with Gasteiger partial charge in [-0.3, -0.25) is 0 Å². The average Bonchev–Trinajstić information content (AvgIpc) is 2.68. The van der Waals surface area contributed by atoms with Crippen molar-refractivity contribution in [3.05, 3.63) is 87.3 Å². The Morgan fingerprint density at radius 1 is 0.889 bits per heavy atom. The highest BCUT2D eigenvalue weighted by molar-refractivity contribution is 9.10. The van der Waals surface area contributed by atoms with E-state index in [-0.39, 0.29) is 0 Å². The Hall–Kier alpha value is -2.37. The fourth-order valence-electron chi connectivity index (χ4n) is 2.53. The van der Waals surface area contributed by atoms with E-state index in [4.69, 9.17) is 9.47 Å². The molecule has 3 aromatic rings. The number of carbonyl (C=O) groups excluding carboxylic acids is 1. The Morgan fingerprint density at radius 3 is 2.33 bits per heavy atom. The Balaban J connectivity index is 1.74. The first-order chi connectivity index (χ1) is 13.1. The van der Waals surface area contributed by atoms with Crippen molar-refractivity contribution in [2.24, 2.45) is 0 Å². The zero-order chi connectivity index (χ0) is 19.2. The first-order valence-corrected chi connectivity index (χ1v) is 9.74. The smallest absolute Gasteiger partial charge is 0.336 e. The van der Waals surface area contributed by atoms with Gasteiger partial charge in [-0.2, -0.15) is 0 Å². The van der Waals surface area contributed by atoms with Gasteiger partial charge in [-0.15, -0.1) is 0 Å². The lowest BCUT2D eigenvalue weighted by Gasteiger charge is -2.08. The van der Waals surface area contributed by atoms with Gasteiger partial charge in [0.1, 0.15) is 11.5 Å². The minimum Gasteiger partial charge on any atom is -0.496 e. The van der Waals surface area contributed by atoms with Crippen LogP contribution in [0.15, 0.2) is 81.8 Å². The van der Waals surface area contributed by atoms with Crippen LogP contribution in [0.25, 0.3) is 17.2 Å². The zero-order valence-corrected chi connectivity index (χ0v) is 17.7. The second kappa shape index (κ2) is 9.02. The van der Waals surface area contributed by atoms with E-state index in [0.29, 0.717) is 16.0 Å². The summed E-state index contributed by atoms with van der Waals surface area (Å²) in [6.07, 6.45) is 3.04. The van der Waals surface area contributed by atoms with Crippen LogP contribution in [0.1, 0.15) is 5.56 Å². The van der Waals surface area contributed by atoms with E-state index in [9.17, 15) is 4.79 Å². The van der Waals surface area contributed by atoms with Crippen LogP contribution in [-0.2, 0) is 4.79 Å². The molecule has 0 fully saturated rings. The SMILES string of the molecule is COc1ccc(Br)cc1/C=C/C(=O)Oc1ccc(-c2ccccc2)cc1Br. The van der Waals surface area contributed by atoms with E-state index in [1.165, 1.54) is 6.08 Å². The topological polar surface area (TPSA) is 35.5 Å².